The van der Waals surface area contributed by atoms with Crippen LogP contribution in [0.4, 0.5) is 0 Å². The van der Waals surface area contributed by atoms with Crippen molar-refractivity contribution in [2.24, 2.45) is 5.92 Å². The van der Waals surface area contributed by atoms with E-state index in [2.05, 4.69) is 43.4 Å². The summed E-state index contributed by atoms with van der Waals surface area (Å²) < 4.78 is 0. The van der Waals surface area contributed by atoms with Crippen LogP contribution in [0.1, 0.15) is 45.3 Å². The third-order valence-electron chi connectivity index (χ3n) is 3.04. The smallest absolute Gasteiger partial charge is 0.107 e. The summed E-state index contributed by atoms with van der Waals surface area (Å²) in [7, 11) is 0. The normalized spacial score (nSPS) is 15.9. The van der Waals surface area contributed by atoms with Crippen LogP contribution in [0.15, 0.2) is 5.38 Å². The summed E-state index contributed by atoms with van der Waals surface area (Å²) in [5.74, 6) is 0.275. The molecule has 0 fully saturated rings. The molecule has 0 saturated heterocycles. The first kappa shape index (κ1) is 14.6. The second kappa shape index (κ2) is 5.94. The van der Waals surface area contributed by atoms with Crippen LogP contribution in [0.25, 0.3) is 0 Å². The van der Waals surface area contributed by atoms with E-state index in [0.717, 1.165) is 17.2 Å². The Bertz CT molecular complexity index is 343. The van der Waals surface area contributed by atoms with Gasteiger partial charge in [-0.3, -0.25) is 0 Å². The molecular weight excluding hydrogens is 232 g/mol. The molecule has 2 unspecified atom stereocenters. The number of hydrogen-bond donors (Lipinski definition) is 2. The van der Waals surface area contributed by atoms with Gasteiger partial charge in [0.2, 0.25) is 0 Å². The lowest BCUT2D eigenvalue weighted by Gasteiger charge is -2.18. The van der Waals surface area contributed by atoms with Crippen LogP contribution in [-0.4, -0.2) is 22.7 Å². The zero-order valence-electron chi connectivity index (χ0n) is 11.4. The van der Waals surface area contributed by atoms with E-state index in [1.54, 1.807) is 11.3 Å². The minimum absolute atomic E-state index is 0.124. The molecule has 0 radical (unpaired) electrons. The third kappa shape index (κ3) is 4.37. The van der Waals surface area contributed by atoms with Crippen LogP contribution in [0.5, 0.6) is 0 Å². The van der Waals surface area contributed by atoms with Crippen molar-refractivity contribution in [2.45, 2.75) is 52.6 Å². The fraction of sp³-hybridized carbons (Fsp3) is 0.769. The van der Waals surface area contributed by atoms with Gasteiger partial charge in [-0.05, 0) is 12.8 Å². The summed E-state index contributed by atoms with van der Waals surface area (Å²) >= 11 is 1.70. The van der Waals surface area contributed by atoms with Gasteiger partial charge >= 0.3 is 0 Å². The summed E-state index contributed by atoms with van der Waals surface area (Å²) in [5, 5.41) is 15.7. The molecule has 1 heterocycles. The first-order valence-electron chi connectivity index (χ1n) is 6.13. The molecule has 17 heavy (non-hydrogen) atoms. The number of thiazole rings is 1. The van der Waals surface area contributed by atoms with Crippen molar-refractivity contribution in [1.29, 1.82) is 0 Å². The average Bonchev–Trinajstić information content (AvgIpc) is 2.72. The summed E-state index contributed by atoms with van der Waals surface area (Å²) in [6.45, 7) is 11.7. The van der Waals surface area contributed by atoms with Crippen molar-refractivity contribution in [3.63, 3.8) is 0 Å². The van der Waals surface area contributed by atoms with Crippen LogP contribution in [0, 0.1) is 5.92 Å². The van der Waals surface area contributed by atoms with Gasteiger partial charge in [0.15, 0.2) is 0 Å². The summed E-state index contributed by atoms with van der Waals surface area (Å²) in [4.78, 5) is 4.63. The Labute approximate surface area is 108 Å². The number of nitrogens with one attached hydrogen (secondary N) is 1. The second-order valence-corrected chi connectivity index (χ2v) is 6.65. The van der Waals surface area contributed by atoms with Gasteiger partial charge < -0.3 is 10.4 Å². The van der Waals surface area contributed by atoms with Crippen LogP contribution < -0.4 is 5.32 Å². The molecule has 2 atom stereocenters. The Morgan fingerprint density at radius 2 is 2.06 bits per heavy atom. The summed E-state index contributed by atoms with van der Waals surface area (Å²) in [5.41, 5.74) is 1.28. The molecular formula is C13H24N2OS. The molecule has 4 heteroatoms. The zero-order valence-corrected chi connectivity index (χ0v) is 12.3. The largest absolute Gasteiger partial charge is 0.396 e. The van der Waals surface area contributed by atoms with E-state index in [0.29, 0.717) is 6.04 Å². The van der Waals surface area contributed by atoms with Crippen molar-refractivity contribution in [2.75, 3.05) is 6.61 Å². The fourth-order valence-corrected chi connectivity index (χ4v) is 2.32. The van der Waals surface area contributed by atoms with Crippen molar-refractivity contribution in [1.82, 2.24) is 10.3 Å². The summed E-state index contributed by atoms with van der Waals surface area (Å²) in [6.07, 6.45) is 0. The molecule has 0 bridgehead atoms. The molecule has 0 aliphatic heterocycles. The molecule has 3 nitrogen and oxygen atoms in total. The lowest BCUT2D eigenvalue weighted by atomic mass is 9.93. The van der Waals surface area contributed by atoms with Gasteiger partial charge in [0, 0.05) is 30.0 Å². The Morgan fingerprint density at radius 3 is 2.53 bits per heavy atom. The molecule has 0 spiro atoms. The van der Waals surface area contributed by atoms with Gasteiger partial charge in [-0.1, -0.05) is 27.7 Å². The number of hydrogen-bond acceptors (Lipinski definition) is 4. The minimum Gasteiger partial charge on any atom is -0.396 e. The van der Waals surface area contributed by atoms with Gasteiger partial charge in [0.05, 0.1) is 5.69 Å². The quantitative estimate of drug-likeness (QED) is 0.851. The molecule has 1 aromatic heterocycles. The highest BCUT2D eigenvalue weighted by Gasteiger charge is 2.17. The number of rotatable bonds is 5. The van der Waals surface area contributed by atoms with E-state index in [9.17, 15) is 0 Å². The number of aliphatic hydroxyl groups excluding tert-OH is 1. The summed E-state index contributed by atoms with van der Waals surface area (Å²) in [6, 6.07) is 0.307. The first-order valence-corrected chi connectivity index (χ1v) is 7.01. The zero-order chi connectivity index (χ0) is 13.1. The predicted molar refractivity (Wildman–Crippen MR) is 73.4 cm³/mol. The van der Waals surface area contributed by atoms with Crippen LogP contribution in [-0.2, 0) is 12.0 Å². The molecule has 0 aromatic carbocycles. The van der Waals surface area contributed by atoms with E-state index in [1.807, 2.05) is 6.92 Å². The van der Waals surface area contributed by atoms with Crippen LogP contribution in [0.2, 0.25) is 0 Å². The third-order valence-corrected chi connectivity index (χ3v) is 3.89. The van der Waals surface area contributed by atoms with Crippen LogP contribution >= 0.6 is 11.3 Å². The van der Waals surface area contributed by atoms with Crippen LogP contribution in [0.3, 0.4) is 0 Å². The van der Waals surface area contributed by atoms with E-state index in [4.69, 9.17) is 5.11 Å². The van der Waals surface area contributed by atoms with Gasteiger partial charge in [0.25, 0.3) is 0 Å². The van der Waals surface area contributed by atoms with Gasteiger partial charge in [-0.2, -0.15) is 0 Å². The van der Waals surface area contributed by atoms with Crippen molar-refractivity contribution in [3.8, 4) is 0 Å². The topological polar surface area (TPSA) is 45.1 Å². The molecule has 0 aliphatic rings. The standard InChI is InChI=1S/C13H24N2OS/c1-9(7-16)10(2)14-6-12-15-11(8-17-12)13(3,4)5/h8-10,14,16H,6-7H2,1-5H3. The minimum atomic E-state index is 0.124. The molecule has 1 rings (SSSR count). The first-order chi connectivity index (χ1) is 7.84. The Kier molecular flexibility index (Phi) is 5.10. The number of aliphatic hydroxyl groups is 1. The Hall–Kier alpha value is -0.450. The Morgan fingerprint density at radius 1 is 1.41 bits per heavy atom. The van der Waals surface area contributed by atoms with E-state index in [-0.39, 0.29) is 17.9 Å². The fourth-order valence-electron chi connectivity index (χ4n) is 1.34. The molecule has 1 aromatic rings. The van der Waals surface area contributed by atoms with Crippen molar-refractivity contribution < 1.29 is 5.11 Å². The van der Waals surface area contributed by atoms with Crippen molar-refractivity contribution >= 4 is 11.3 Å². The molecule has 2 N–H and O–H groups in total. The lowest BCUT2D eigenvalue weighted by molar-refractivity contribution is 0.207. The maximum atomic E-state index is 9.06. The molecule has 0 saturated carbocycles. The highest BCUT2D eigenvalue weighted by molar-refractivity contribution is 7.09. The number of nitrogens with zero attached hydrogens (tertiary/aromatic N) is 1. The van der Waals surface area contributed by atoms with Gasteiger partial charge in [-0.25, -0.2) is 4.98 Å². The average molecular weight is 256 g/mol. The Balaban J connectivity index is 2.51. The second-order valence-electron chi connectivity index (χ2n) is 5.71. The van der Waals surface area contributed by atoms with Gasteiger partial charge in [-0.15, -0.1) is 11.3 Å². The number of aromatic nitrogens is 1. The molecule has 98 valence electrons. The highest BCUT2D eigenvalue weighted by atomic mass is 32.1. The SMILES string of the molecule is CC(CO)C(C)NCc1nc(C(C)(C)C)cs1. The molecule has 0 aliphatic carbocycles. The van der Waals surface area contributed by atoms with E-state index < -0.39 is 0 Å². The predicted octanol–water partition coefficient (Wildman–Crippen LogP) is 2.55. The van der Waals surface area contributed by atoms with E-state index >= 15 is 0 Å². The monoisotopic (exact) mass is 256 g/mol. The lowest BCUT2D eigenvalue weighted by Crippen LogP contribution is -2.33. The van der Waals surface area contributed by atoms with E-state index in [1.165, 1.54) is 0 Å². The highest BCUT2D eigenvalue weighted by Crippen LogP contribution is 2.23. The molecule has 0 amide bonds. The maximum Gasteiger partial charge on any atom is 0.107 e. The van der Waals surface area contributed by atoms with Crippen molar-refractivity contribution in [3.05, 3.63) is 16.1 Å². The van der Waals surface area contributed by atoms with Gasteiger partial charge in [0.1, 0.15) is 5.01 Å². The maximum absolute atomic E-state index is 9.06.